The van der Waals surface area contributed by atoms with E-state index < -0.39 is 0 Å². The first-order valence-corrected chi connectivity index (χ1v) is 10.0. The van der Waals surface area contributed by atoms with Gasteiger partial charge in [0.1, 0.15) is 5.75 Å². The molecule has 0 aromatic heterocycles. The van der Waals surface area contributed by atoms with E-state index in [1.165, 1.54) is 5.56 Å². The van der Waals surface area contributed by atoms with E-state index in [0.717, 1.165) is 18.5 Å². The monoisotopic (exact) mass is 419 g/mol. The van der Waals surface area contributed by atoms with Crippen LogP contribution >= 0.6 is 12.4 Å². The van der Waals surface area contributed by atoms with Crippen LogP contribution in [0.2, 0.25) is 0 Å². The lowest BCUT2D eigenvalue weighted by atomic mass is 9.68. The highest BCUT2D eigenvalue weighted by atomic mass is 35.5. The lowest BCUT2D eigenvalue weighted by Crippen LogP contribution is -2.48. The summed E-state index contributed by atoms with van der Waals surface area (Å²) in [5, 5.41) is 11.5. The molecule has 1 aliphatic rings. The van der Waals surface area contributed by atoms with E-state index in [2.05, 4.69) is 39.0 Å². The Morgan fingerprint density at radius 3 is 2.31 bits per heavy atom. The predicted octanol–water partition coefficient (Wildman–Crippen LogP) is 5.52. The second-order valence-corrected chi connectivity index (χ2v) is 8.23. The van der Waals surface area contributed by atoms with Gasteiger partial charge in [-0.3, -0.25) is 4.79 Å². The maximum Gasteiger partial charge on any atom is 0.327 e. The minimum absolute atomic E-state index is 0. The molecular formula is C24H34ClNO3. The van der Waals surface area contributed by atoms with E-state index in [1.54, 1.807) is 11.1 Å². The third-order valence-electron chi connectivity index (χ3n) is 5.58. The largest absolute Gasteiger partial charge is 0.508 e. The number of phenols is 1. The molecule has 2 aromatic rings. The second kappa shape index (κ2) is 11.2. The number of piperidine rings is 1. The Bertz CT molecular complexity index is 766. The molecule has 0 bridgehead atoms. The van der Waals surface area contributed by atoms with Crippen LogP contribution in [0.25, 0.3) is 0 Å². The Morgan fingerprint density at radius 2 is 1.83 bits per heavy atom. The average Bonchev–Trinajstić information content (AvgIpc) is 2.66. The molecular weight excluding hydrogens is 386 g/mol. The number of aryl methyl sites for hydroxylation is 1. The van der Waals surface area contributed by atoms with Gasteiger partial charge in [-0.25, -0.2) is 0 Å². The van der Waals surface area contributed by atoms with Crippen LogP contribution in [0.4, 0.5) is 0 Å². The summed E-state index contributed by atoms with van der Waals surface area (Å²) in [5.74, 6) is 0.338. The number of halogens is 1. The van der Waals surface area contributed by atoms with Crippen molar-refractivity contribution in [3.05, 3.63) is 65.7 Å². The number of hydrogen-bond donors (Lipinski definition) is 1. The molecule has 1 N–H and O–H groups in total. The number of nitrogens with zero attached hydrogens (tertiary/aromatic N) is 1. The second-order valence-electron chi connectivity index (χ2n) is 8.23. The fraction of sp³-hybridized carbons (Fsp3) is 0.458. The first-order chi connectivity index (χ1) is 13.2. The standard InChI is InChI=1S/C17H25NO3.C7H8.ClH/c1-12(2)16(20)21-18-9-8-17(4,13(3)11-18)14-6-5-7-15(19)10-14;1-7-5-3-2-4-6-7;/h5-7,10,12-13,19H,8-9,11H2,1-4H3;2-6H,1H3;1H. The molecule has 2 aromatic carbocycles. The zero-order valence-corrected chi connectivity index (χ0v) is 18.9. The zero-order valence-electron chi connectivity index (χ0n) is 18.1. The summed E-state index contributed by atoms with van der Waals surface area (Å²) in [6, 6.07) is 17.7. The molecule has 160 valence electrons. The number of phenolic OH excluding ortho intramolecular Hbond substituents is 1. The Hall–Kier alpha value is -2.04. The molecule has 5 heteroatoms. The number of carbonyl (C=O) groups excluding carboxylic acids is 1. The van der Waals surface area contributed by atoms with Crippen LogP contribution in [0.15, 0.2) is 54.6 Å². The Balaban J connectivity index is 0.000000445. The first-order valence-electron chi connectivity index (χ1n) is 10.0. The average molecular weight is 420 g/mol. The van der Waals surface area contributed by atoms with Crippen LogP contribution in [0, 0.1) is 18.8 Å². The molecule has 0 radical (unpaired) electrons. The number of hydroxylamine groups is 2. The van der Waals surface area contributed by atoms with Crippen LogP contribution in [-0.4, -0.2) is 29.2 Å². The zero-order chi connectivity index (χ0) is 20.7. The van der Waals surface area contributed by atoms with E-state index >= 15 is 0 Å². The number of carbonyl (C=O) groups is 1. The van der Waals surface area contributed by atoms with Gasteiger partial charge in [0.2, 0.25) is 0 Å². The quantitative estimate of drug-likeness (QED) is 0.711. The Morgan fingerprint density at radius 1 is 1.17 bits per heavy atom. The van der Waals surface area contributed by atoms with Crippen molar-refractivity contribution in [2.24, 2.45) is 11.8 Å². The molecule has 1 heterocycles. The van der Waals surface area contributed by atoms with Crippen LogP contribution in [0.5, 0.6) is 5.75 Å². The van der Waals surface area contributed by atoms with E-state index in [4.69, 9.17) is 4.84 Å². The van der Waals surface area contributed by atoms with Gasteiger partial charge in [-0.15, -0.1) is 17.5 Å². The molecule has 0 amide bonds. The van der Waals surface area contributed by atoms with Crippen molar-refractivity contribution in [3.63, 3.8) is 0 Å². The third kappa shape index (κ3) is 7.06. The fourth-order valence-corrected chi connectivity index (χ4v) is 3.34. The van der Waals surface area contributed by atoms with E-state index in [1.807, 2.05) is 44.2 Å². The van der Waals surface area contributed by atoms with Crippen molar-refractivity contribution >= 4 is 18.4 Å². The van der Waals surface area contributed by atoms with E-state index in [9.17, 15) is 9.90 Å². The molecule has 0 spiro atoms. The minimum Gasteiger partial charge on any atom is -0.508 e. The van der Waals surface area contributed by atoms with Crippen LogP contribution < -0.4 is 0 Å². The van der Waals surface area contributed by atoms with E-state index in [0.29, 0.717) is 18.2 Å². The summed E-state index contributed by atoms with van der Waals surface area (Å²) in [5.41, 5.74) is 2.45. The van der Waals surface area contributed by atoms with Gasteiger partial charge in [-0.05, 0) is 42.4 Å². The lowest BCUT2D eigenvalue weighted by Gasteiger charge is -2.44. The normalized spacial score (nSPS) is 21.5. The third-order valence-corrected chi connectivity index (χ3v) is 5.58. The highest BCUT2D eigenvalue weighted by molar-refractivity contribution is 5.85. The maximum absolute atomic E-state index is 11.7. The van der Waals surface area contributed by atoms with Crippen molar-refractivity contribution in [2.75, 3.05) is 13.1 Å². The van der Waals surface area contributed by atoms with Crippen molar-refractivity contribution in [1.29, 1.82) is 0 Å². The van der Waals surface area contributed by atoms with Crippen molar-refractivity contribution in [2.45, 2.75) is 46.5 Å². The van der Waals surface area contributed by atoms with Gasteiger partial charge >= 0.3 is 5.97 Å². The van der Waals surface area contributed by atoms with Gasteiger partial charge in [-0.1, -0.05) is 75.7 Å². The van der Waals surface area contributed by atoms with Gasteiger partial charge in [0.05, 0.1) is 5.92 Å². The van der Waals surface area contributed by atoms with E-state index in [-0.39, 0.29) is 29.7 Å². The molecule has 3 rings (SSSR count). The van der Waals surface area contributed by atoms with Crippen molar-refractivity contribution < 1.29 is 14.7 Å². The molecule has 4 nitrogen and oxygen atoms in total. The topological polar surface area (TPSA) is 49.8 Å². The summed E-state index contributed by atoms with van der Waals surface area (Å²) in [4.78, 5) is 17.1. The van der Waals surface area contributed by atoms with Gasteiger partial charge in [0.15, 0.2) is 0 Å². The van der Waals surface area contributed by atoms with Crippen LogP contribution in [0.1, 0.15) is 45.2 Å². The van der Waals surface area contributed by atoms with Gasteiger partial charge in [-0.2, -0.15) is 0 Å². The van der Waals surface area contributed by atoms with Gasteiger partial charge < -0.3 is 9.94 Å². The number of aromatic hydroxyl groups is 1. The predicted molar refractivity (Wildman–Crippen MR) is 120 cm³/mol. The highest BCUT2D eigenvalue weighted by Crippen LogP contribution is 2.40. The Kier molecular flexibility index (Phi) is 9.67. The molecule has 1 saturated heterocycles. The lowest BCUT2D eigenvalue weighted by molar-refractivity contribution is -0.205. The Labute approximate surface area is 181 Å². The maximum atomic E-state index is 11.7. The highest BCUT2D eigenvalue weighted by Gasteiger charge is 2.39. The molecule has 2 unspecified atom stereocenters. The molecule has 1 aliphatic heterocycles. The molecule has 2 atom stereocenters. The summed E-state index contributed by atoms with van der Waals surface area (Å²) in [6.07, 6.45) is 0.892. The SMILES string of the molecule is CC(C)C(=O)ON1CCC(C)(c2cccc(O)c2)C(C)C1.Cc1ccccc1.Cl. The van der Waals surface area contributed by atoms with Crippen LogP contribution in [-0.2, 0) is 15.0 Å². The van der Waals surface area contributed by atoms with Crippen LogP contribution in [0.3, 0.4) is 0 Å². The molecule has 0 aliphatic carbocycles. The smallest absolute Gasteiger partial charge is 0.327 e. The fourth-order valence-electron chi connectivity index (χ4n) is 3.34. The van der Waals surface area contributed by atoms with Gasteiger partial charge in [0.25, 0.3) is 0 Å². The molecule has 1 fully saturated rings. The minimum atomic E-state index is -0.178. The number of benzene rings is 2. The summed E-state index contributed by atoms with van der Waals surface area (Å²) >= 11 is 0. The first kappa shape index (κ1) is 25.0. The summed E-state index contributed by atoms with van der Waals surface area (Å²) < 4.78 is 0. The van der Waals surface area contributed by atoms with Crippen molar-refractivity contribution in [1.82, 2.24) is 5.06 Å². The summed E-state index contributed by atoms with van der Waals surface area (Å²) in [7, 11) is 0. The molecule has 29 heavy (non-hydrogen) atoms. The molecule has 0 saturated carbocycles. The van der Waals surface area contributed by atoms with Crippen molar-refractivity contribution in [3.8, 4) is 5.75 Å². The number of hydrogen-bond acceptors (Lipinski definition) is 4. The summed E-state index contributed by atoms with van der Waals surface area (Å²) in [6.45, 7) is 11.6. The van der Waals surface area contributed by atoms with Gasteiger partial charge in [0, 0.05) is 13.1 Å². The number of rotatable bonds is 3.